The number of nitrogens with zero attached hydrogens (tertiary/aromatic N) is 3. The highest BCUT2D eigenvalue weighted by Gasteiger charge is 2.32. The van der Waals surface area contributed by atoms with Crippen LogP contribution in [0.1, 0.15) is 26.7 Å². The Hall–Kier alpha value is -1.59. The van der Waals surface area contributed by atoms with Crippen LogP contribution in [-0.2, 0) is 4.79 Å². The summed E-state index contributed by atoms with van der Waals surface area (Å²) in [5, 5.41) is 9.87. The molecule has 2 heterocycles. The maximum absolute atomic E-state index is 12.9. The van der Waals surface area contributed by atoms with E-state index < -0.39 is 0 Å². The molecule has 0 radical (unpaired) electrons. The lowest BCUT2D eigenvalue weighted by Gasteiger charge is -2.41. The number of hydrogen-bond donors (Lipinski definition) is 1. The predicted octanol–water partition coefficient (Wildman–Crippen LogP) is 1.82. The molecule has 1 aromatic rings. The van der Waals surface area contributed by atoms with E-state index in [1.54, 1.807) is 0 Å². The lowest BCUT2D eigenvalue weighted by molar-refractivity contribution is -0.137. The minimum atomic E-state index is -0.292. The number of para-hydroxylation sites is 1. The van der Waals surface area contributed by atoms with E-state index >= 15 is 0 Å². The molecule has 3 rings (SSSR count). The summed E-state index contributed by atoms with van der Waals surface area (Å²) in [7, 11) is 0. The molecule has 2 saturated heterocycles. The Morgan fingerprint density at radius 3 is 2.40 bits per heavy atom. The van der Waals surface area contributed by atoms with Crippen molar-refractivity contribution in [1.82, 2.24) is 9.80 Å². The van der Waals surface area contributed by atoms with Crippen LogP contribution in [0.2, 0.25) is 0 Å². The minimum Gasteiger partial charge on any atom is -0.393 e. The quantitative estimate of drug-likeness (QED) is 0.904. The highest BCUT2D eigenvalue weighted by molar-refractivity contribution is 5.81. The molecule has 1 aromatic carbocycles. The summed E-state index contributed by atoms with van der Waals surface area (Å²) in [6.45, 7) is 9.02. The van der Waals surface area contributed by atoms with Crippen molar-refractivity contribution in [2.75, 3.05) is 44.2 Å². The third-order valence-corrected chi connectivity index (χ3v) is 5.79. The van der Waals surface area contributed by atoms with Crippen LogP contribution in [0.15, 0.2) is 30.3 Å². The highest BCUT2D eigenvalue weighted by atomic mass is 16.3. The van der Waals surface area contributed by atoms with Crippen molar-refractivity contribution in [3.63, 3.8) is 0 Å². The molecule has 0 aromatic heterocycles. The molecule has 0 spiro atoms. The third-order valence-electron chi connectivity index (χ3n) is 5.79. The molecule has 0 bridgehead atoms. The fourth-order valence-electron chi connectivity index (χ4n) is 4.03. The summed E-state index contributed by atoms with van der Waals surface area (Å²) in [5.74, 6) is 0.526. The Bertz CT molecular complexity index is 555. The summed E-state index contributed by atoms with van der Waals surface area (Å²) in [4.78, 5) is 19.5. The van der Waals surface area contributed by atoms with Crippen molar-refractivity contribution in [3.05, 3.63) is 30.3 Å². The highest BCUT2D eigenvalue weighted by Crippen LogP contribution is 2.23. The molecule has 0 aliphatic carbocycles. The molecule has 3 atom stereocenters. The second kappa shape index (κ2) is 8.19. The first kappa shape index (κ1) is 18.2. The van der Waals surface area contributed by atoms with Crippen LogP contribution < -0.4 is 4.90 Å². The number of likely N-dealkylation sites (tertiary alicyclic amines) is 1. The van der Waals surface area contributed by atoms with Crippen LogP contribution >= 0.6 is 0 Å². The van der Waals surface area contributed by atoms with E-state index in [-0.39, 0.29) is 18.1 Å². The van der Waals surface area contributed by atoms with Gasteiger partial charge in [-0.25, -0.2) is 0 Å². The average molecular weight is 345 g/mol. The standard InChI is InChI=1S/C20H31N3O2/c1-16(23-10-6-7-18(15-23)17(2)24)20(25)22-13-11-21(12-14-22)19-8-4-3-5-9-19/h3-5,8-9,16-18,24H,6-7,10-15H2,1-2H3. The second-order valence-corrected chi connectivity index (χ2v) is 7.46. The van der Waals surface area contributed by atoms with Crippen molar-refractivity contribution < 1.29 is 9.90 Å². The molecule has 2 aliphatic heterocycles. The number of carbonyl (C=O) groups is 1. The van der Waals surface area contributed by atoms with Crippen molar-refractivity contribution >= 4 is 11.6 Å². The van der Waals surface area contributed by atoms with E-state index in [0.717, 1.165) is 52.1 Å². The Morgan fingerprint density at radius 1 is 1.08 bits per heavy atom. The first-order valence-electron chi connectivity index (χ1n) is 9.57. The van der Waals surface area contributed by atoms with Crippen LogP contribution in [0.3, 0.4) is 0 Å². The number of anilines is 1. The fraction of sp³-hybridized carbons (Fsp3) is 0.650. The Morgan fingerprint density at radius 2 is 1.76 bits per heavy atom. The molecule has 5 nitrogen and oxygen atoms in total. The van der Waals surface area contributed by atoms with Gasteiger partial charge in [-0.3, -0.25) is 9.69 Å². The zero-order valence-corrected chi connectivity index (χ0v) is 15.5. The van der Waals surface area contributed by atoms with E-state index in [1.807, 2.05) is 24.8 Å². The monoisotopic (exact) mass is 345 g/mol. The smallest absolute Gasteiger partial charge is 0.239 e. The maximum Gasteiger partial charge on any atom is 0.239 e. The molecule has 1 amide bonds. The number of piperazine rings is 1. The zero-order valence-electron chi connectivity index (χ0n) is 15.5. The molecule has 138 valence electrons. The largest absolute Gasteiger partial charge is 0.393 e. The summed E-state index contributed by atoms with van der Waals surface area (Å²) < 4.78 is 0. The van der Waals surface area contributed by atoms with Crippen LogP contribution in [0.4, 0.5) is 5.69 Å². The van der Waals surface area contributed by atoms with Gasteiger partial charge in [0.05, 0.1) is 12.1 Å². The van der Waals surface area contributed by atoms with E-state index in [9.17, 15) is 9.90 Å². The molecule has 3 unspecified atom stereocenters. The van der Waals surface area contributed by atoms with E-state index in [1.165, 1.54) is 5.69 Å². The Kier molecular flexibility index (Phi) is 5.97. The van der Waals surface area contributed by atoms with Gasteiger partial charge in [-0.2, -0.15) is 0 Å². The summed E-state index contributed by atoms with van der Waals surface area (Å²) in [6, 6.07) is 10.3. The number of rotatable bonds is 4. The second-order valence-electron chi connectivity index (χ2n) is 7.46. The lowest BCUT2D eigenvalue weighted by atomic mass is 9.92. The minimum absolute atomic E-state index is 0.0928. The summed E-state index contributed by atoms with van der Waals surface area (Å²) in [5.41, 5.74) is 1.23. The average Bonchev–Trinajstić information content (AvgIpc) is 2.67. The Labute approximate surface area is 151 Å². The molecular formula is C20H31N3O2. The van der Waals surface area contributed by atoms with Crippen molar-refractivity contribution in [3.8, 4) is 0 Å². The van der Waals surface area contributed by atoms with Gasteiger partial charge in [0, 0.05) is 38.4 Å². The first-order valence-corrected chi connectivity index (χ1v) is 9.57. The lowest BCUT2D eigenvalue weighted by Crippen LogP contribution is -2.56. The van der Waals surface area contributed by atoms with E-state index in [2.05, 4.69) is 34.1 Å². The predicted molar refractivity (Wildman–Crippen MR) is 101 cm³/mol. The van der Waals surface area contributed by atoms with Gasteiger partial charge >= 0.3 is 0 Å². The molecule has 5 heteroatoms. The number of aliphatic hydroxyl groups is 1. The Balaban J connectivity index is 1.53. The van der Waals surface area contributed by atoms with Gasteiger partial charge in [0.15, 0.2) is 0 Å². The van der Waals surface area contributed by atoms with Crippen LogP contribution in [0.25, 0.3) is 0 Å². The van der Waals surface area contributed by atoms with Gasteiger partial charge in [0.25, 0.3) is 0 Å². The zero-order chi connectivity index (χ0) is 17.8. The number of amides is 1. The SMILES string of the molecule is CC(O)C1CCCN(C(C)C(=O)N2CCN(c3ccccc3)CC2)C1. The molecule has 0 saturated carbocycles. The fourth-order valence-corrected chi connectivity index (χ4v) is 4.03. The van der Waals surface area contributed by atoms with Crippen LogP contribution in [-0.4, -0.2) is 72.2 Å². The molecular weight excluding hydrogens is 314 g/mol. The molecule has 1 N–H and O–H groups in total. The number of piperidine rings is 1. The van der Waals surface area contributed by atoms with Gasteiger partial charge in [-0.15, -0.1) is 0 Å². The maximum atomic E-state index is 12.9. The van der Waals surface area contributed by atoms with Gasteiger partial charge < -0.3 is 14.9 Å². The van der Waals surface area contributed by atoms with E-state index in [4.69, 9.17) is 0 Å². The van der Waals surface area contributed by atoms with Gasteiger partial charge in [0.1, 0.15) is 0 Å². The molecule has 2 aliphatic rings. The van der Waals surface area contributed by atoms with Crippen molar-refractivity contribution in [2.24, 2.45) is 5.92 Å². The summed E-state index contributed by atoms with van der Waals surface area (Å²) >= 11 is 0. The number of hydrogen-bond acceptors (Lipinski definition) is 4. The first-order chi connectivity index (χ1) is 12.1. The van der Waals surface area contributed by atoms with E-state index in [0.29, 0.717) is 5.92 Å². The number of carbonyl (C=O) groups excluding carboxylic acids is 1. The molecule has 25 heavy (non-hydrogen) atoms. The third kappa shape index (κ3) is 4.33. The van der Waals surface area contributed by atoms with Crippen LogP contribution in [0, 0.1) is 5.92 Å². The van der Waals surface area contributed by atoms with Gasteiger partial charge in [-0.05, 0) is 51.3 Å². The van der Waals surface area contributed by atoms with Gasteiger partial charge in [-0.1, -0.05) is 18.2 Å². The van der Waals surface area contributed by atoms with Gasteiger partial charge in [0.2, 0.25) is 5.91 Å². The normalized spacial score (nSPS) is 24.8. The molecule has 2 fully saturated rings. The van der Waals surface area contributed by atoms with Crippen molar-refractivity contribution in [2.45, 2.75) is 38.8 Å². The number of aliphatic hydroxyl groups excluding tert-OH is 1. The van der Waals surface area contributed by atoms with Crippen LogP contribution in [0.5, 0.6) is 0 Å². The van der Waals surface area contributed by atoms with Crippen molar-refractivity contribution in [1.29, 1.82) is 0 Å². The summed E-state index contributed by atoms with van der Waals surface area (Å²) in [6.07, 6.45) is 1.83. The topological polar surface area (TPSA) is 47.0 Å². The number of benzene rings is 1.